The lowest BCUT2D eigenvalue weighted by molar-refractivity contribution is 0.0979. The summed E-state index contributed by atoms with van der Waals surface area (Å²) >= 11 is 0. The molecule has 2 aromatic carbocycles. The first-order valence-electron chi connectivity index (χ1n) is 7.58. The number of aromatic nitrogens is 2. The molecule has 3 rings (SSSR count). The monoisotopic (exact) mass is 375 g/mol. The van der Waals surface area contributed by atoms with Crippen LogP contribution in [0, 0.1) is 5.82 Å². The largest absolute Gasteiger partial charge is 0.339 e. The average molecular weight is 375 g/mol. The lowest BCUT2D eigenvalue weighted by Gasteiger charge is -2.02. The summed E-state index contributed by atoms with van der Waals surface area (Å²) in [6, 6.07) is 11.2. The molecule has 0 bridgehead atoms. The number of Topliss-reactive ketones (excluding diaryl/α,β-unsaturated/α-hetero) is 1. The van der Waals surface area contributed by atoms with Crippen LogP contribution in [0.3, 0.4) is 0 Å². The van der Waals surface area contributed by atoms with Gasteiger partial charge >= 0.3 is 0 Å². The van der Waals surface area contributed by atoms with Crippen molar-refractivity contribution in [3.05, 3.63) is 65.8 Å². The van der Waals surface area contributed by atoms with E-state index in [1.165, 1.54) is 42.5 Å². The van der Waals surface area contributed by atoms with Crippen molar-refractivity contribution in [2.45, 2.75) is 17.7 Å². The second-order valence-electron chi connectivity index (χ2n) is 5.48. The molecule has 7 nitrogen and oxygen atoms in total. The van der Waals surface area contributed by atoms with Crippen LogP contribution in [-0.4, -0.2) is 24.3 Å². The minimum absolute atomic E-state index is 0.0684. The molecule has 0 saturated heterocycles. The zero-order valence-electron chi connectivity index (χ0n) is 13.4. The van der Waals surface area contributed by atoms with Crippen molar-refractivity contribution in [1.82, 2.24) is 10.1 Å². The quantitative estimate of drug-likeness (QED) is 0.661. The number of nitrogens with zero attached hydrogens (tertiary/aromatic N) is 2. The lowest BCUT2D eigenvalue weighted by Crippen LogP contribution is -2.13. The van der Waals surface area contributed by atoms with Crippen LogP contribution in [0.5, 0.6) is 0 Å². The highest BCUT2D eigenvalue weighted by atomic mass is 32.2. The van der Waals surface area contributed by atoms with E-state index in [9.17, 15) is 17.6 Å². The first kappa shape index (κ1) is 17.9. The van der Waals surface area contributed by atoms with Crippen molar-refractivity contribution in [2.75, 3.05) is 0 Å². The zero-order valence-corrected chi connectivity index (χ0v) is 14.2. The molecular weight excluding hydrogens is 361 g/mol. The summed E-state index contributed by atoms with van der Waals surface area (Å²) < 4.78 is 41.3. The summed E-state index contributed by atoms with van der Waals surface area (Å²) in [6.07, 6.45) is 0.255. The first-order chi connectivity index (χ1) is 12.3. The van der Waals surface area contributed by atoms with Crippen LogP contribution in [0.15, 0.2) is 57.9 Å². The number of ketones is 1. The Morgan fingerprint density at radius 3 is 2.50 bits per heavy atom. The molecule has 9 heteroatoms. The van der Waals surface area contributed by atoms with Gasteiger partial charge in [-0.3, -0.25) is 4.79 Å². The van der Waals surface area contributed by atoms with Gasteiger partial charge in [0.1, 0.15) is 5.82 Å². The number of aryl methyl sites for hydroxylation is 1. The summed E-state index contributed by atoms with van der Waals surface area (Å²) in [4.78, 5) is 16.1. The molecule has 0 spiro atoms. The second-order valence-corrected chi connectivity index (χ2v) is 7.01. The van der Waals surface area contributed by atoms with Crippen molar-refractivity contribution in [3.8, 4) is 11.4 Å². The fourth-order valence-electron chi connectivity index (χ4n) is 2.37. The molecule has 0 fully saturated rings. The fourth-order valence-corrected chi connectivity index (χ4v) is 3.10. The minimum atomic E-state index is -3.94. The molecule has 3 aromatic rings. The molecule has 1 heterocycles. The summed E-state index contributed by atoms with van der Waals surface area (Å²) in [6.45, 7) is 0. The highest BCUT2D eigenvalue weighted by Gasteiger charge is 2.19. The van der Waals surface area contributed by atoms with Gasteiger partial charge in [-0.05, 0) is 36.4 Å². The van der Waals surface area contributed by atoms with E-state index in [-0.39, 0.29) is 40.8 Å². The molecule has 0 radical (unpaired) electrons. The molecule has 2 N–H and O–H groups in total. The van der Waals surface area contributed by atoms with Gasteiger partial charge in [0, 0.05) is 24.0 Å². The molecule has 0 unspecified atom stereocenters. The molecule has 134 valence electrons. The van der Waals surface area contributed by atoms with Crippen LogP contribution in [0.2, 0.25) is 0 Å². The van der Waals surface area contributed by atoms with E-state index in [2.05, 4.69) is 10.1 Å². The highest BCUT2D eigenvalue weighted by molar-refractivity contribution is 7.89. The third-order valence-corrected chi connectivity index (χ3v) is 4.60. The molecule has 0 aliphatic heterocycles. The third kappa shape index (κ3) is 4.01. The van der Waals surface area contributed by atoms with Gasteiger partial charge in [0.05, 0.1) is 4.90 Å². The van der Waals surface area contributed by atoms with Crippen LogP contribution < -0.4 is 5.14 Å². The van der Waals surface area contributed by atoms with Gasteiger partial charge in [0.2, 0.25) is 21.7 Å². The normalized spacial score (nSPS) is 11.5. The van der Waals surface area contributed by atoms with Crippen molar-refractivity contribution >= 4 is 15.8 Å². The number of carbonyl (C=O) groups excluding carboxylic acids is 1. The molecule has 1 aromatic heterocycles. The fraction of sp³-hybridized carbons (Fsp3) is 0.118. The molecule has 0 aliphatic carbocycles. The summed E-state index contributed by atoms with van der Waals surface area (Å²) in [5.74, 6) is -0.371. The number of halogens is 1. The Labute approximate surface area is 148 Å². The Hall–Kier alpha value is -2.91. The van der Waals surface area contributed by atoms with E-state index >= 15 is 0 Å². The summed E-state index contributed by atoms with van der Waals surface area (Å²) in [5.41, 5.74) is 0.598. The third-order valence-electron chi connectivity index (χ3n) is 3.63. The maximum absolute atomic E-state index is 12.9. The minimum Gasteiger partial charge on any atom is -0.339 e. The van der Waals surface area contributed by atoms with Gasteiger partial charge in [-0.25, -0.2) is 17.9 Å². The summed E-state index contributed by atoms with van der Waals surface area (Å²) in [7, 11) is -3.94. The molecule has 0 aliphatic rings. The predicted molar refractivity (Wildman–Crippen MR) is 90.2 cm³/mol. The van der Waals surface area contributed by atoms with Crippen molar-refractivity contribution in [2.24, 2.45) is 5.14 Å². The molecule has 26 heavy (non-hydrogen) atoms. The molecule has 0 amide bonds. The molecule has 0 atom stereocenters. The number of primary sulfonamides is 1. The van der Waals surface area contributed by atoms with Crippen LogP contribution in [-0.2, 0) is 16.4 Å². The highest BCUT2D eigenvalue weighted by Crippen LogP contribution is 2.24. The van der Waals surface area contributed by atoms with Crippen molar-refractivity contribution in [3.63, 3.8) is 0 Å². The Morgan fingerprint density at radius 2 is 1.81 bits per heavy atom. The lowest BCUT2D eigenvalue weighted by atomic mass is 10.1. The van der Waals surface area contributed by atoms with Crippen LogP contribution >= 0.6 is 0 Å². The van der Waals surface area contributed by atoms with Crippen LogP contribution in [0.4, 0.5) is 4.39 Å². The second kappa shape index (κ2) is 7.14. The summed E-state index contributed by atoms with van der Waals surface area (Å²) in [5, 5.41) is 8.95. The topological polar surface area (TPSA) is 116 Å². The Bertz CT molecular complexity index is 1050. The smallest absolute Gasteiger partial charge is 0.238 e. The predicted octanol–water partition coefficient (Wildman–Crippen LogP) is 2.34. The van der Waals surface area contributed by atoms with E-state index in [0.717, 1.165) is 0 Å². The maximum Gasteiger partial charge on any atom is 0.238 e. The molecule has 0 saturated carbocycles. The first-order valence-corrected chi connectivity index (χ1v) is 9.13. The van der Waals surface area contributed by atoms with E-state index in [1.54, 1.807) is 6.07 Å². The van der Waals surface area contributed by atoms with E-state index < -0.39 is 15.8 Å². The Morgan fingerprint density at radius 1 is 1.12 bits per heavy atom. The number of hydrogen-bond donors (Lipinski definition) is 1. The standard InChI is InChI=1S/C17H14FN3O4S/c18-12-7-5-11(6-8-12)14(22)9-10-16-20-17(21-25-16)13-3-1-2-4-15(13)26(19,23)24/h1-8H,9-10H2,(H2,19,23,24). The number of hydrogen-bond acceptors (Lipinski definition) is 6. The van der Waals surface area contributed by atoms with Crippen LogP contribution in [0.25, 0.3) is 11.4 Å². The van der Waals surface area contributed by atoms with Crippen LogP contribution in [0.1, 0.15) is 22.7 Å². The Balaban J connectivity index is 1.75. The van der Waals surface area contributed by atoms with Gasteiger partial charge in [-0.15, -0.1) is 0 Å². The van der Waals surface area contributed by atoms with Crippen molar-refractivity contribution < 1.29 is 22.1 Å². The van der Waals surface area contributed by atoms with E-state index in [1.807, 2.05) is 0 Å². The van der Waals surface area contributed by atoms with Crippen molar-refractivity contribution in [1.29, 1.82) is 0 Å². The number of benzene rings is 2. The number of sulfonamides is 1. The zero-order chi connectivity index (χ0) is 18.7. The number of nitrogens with two attached hydrogens (primary N) is 1. The number of carbonyl (C=O) groups is 1. The maximum atomic E-state index is 12.9. The van der Waals surface area contributed by atoms with E-state index in [4.69, 9.17) is 9.66 Å². The van der Waals surface area contributed by atoms with Gasteiger partial charge in [-0.1, -0.05) is 17.3 Å². The van der Waals surface area contributed by atoms with Gasteiger partial charge in [0.25, 0.3) is 0 Å². The van der Waals surface area contributed by atoms with Gasteiger partial charge in [0.15, 0.2) is 5.78 Å². The van der Waals surface area contributed by atoms with Gasteiger partial charge < -0.3 is 4.52 Å². The van der Waals surface area contributed by atoms with Gasteiger partial charge in [-0.2, -0.15) is 4.98 Å². The Kier molecular flexibility index (Phi) is 4.92. The SMILES string of the molecule is NS(=O)(=O)c1ccccc1-c1noc(CCC(=O)c2ccc(F)cc2)n1. The number of rotatable bonds is 6. The molecular formula is C17H14FN3O4S. The average Bonchev–Trinajstić information content (AvgIpc) is 3.08. The van der Waals surface area contributed by atoms with E-state index in [0.29, 0.717) is 5.56 Å².